The van der Waals surface area contributed by atoms with Crippen LogP contribution in [0.4, 0.5) is 0 Å². The second-order valence-electron chi connectivity index (χ2n) is 12.2. The molecule has 1 radical (unpaired) electrons. The Morgan fingerprint density at radius 2 is 1.46 bits per heavy atom. The van der Waals surface area contributed by atoms with Crippen molar-refractivity contribution < 1.29 is 20.1 Å². The van der Waals surface area contributed by atoms with Gasteiger partial charge in [-0.3, -0.25) is 9.97 Å². The van der Waals surface area contributed by atoms with E-state index in [4.69, 9.17) is 15.0 Å². The fraction of sp³-hybridized carbons (Fsp3) is 0.122. The molecule has 9 rings (SSSR count). The monoisotopic (exact) mass is 771 g/mol. The summed E-state index contributed by atoms with van der Waals surface area (Å²) in [7, 11) is 0. The normalized spacial score (nSPS) is 12.8. The molecule has 0 saturated carbocycles. The Hall–Kier alpha value is -4.83. The van der Waals surface area contributed by atoms with Crippen LogP contribution in [0.15, 0.2) is 109 Å². The summed E-state index contributed by atoms with van der Waals surface area (Å²) in [6, 6.07) is 39.9. The van der Waals surface area contributed by atoms with Crippen molar-refractivity contribution in [3.05, 3.63) is 144 Å². The van der Waals surface area contributed by atoms with Gasteiger partial charge in [0.15, 0.2) is 0 Å². The largest absolute Gasteiger partial charge is 0.329 e. The molecule has 0 unspecified atom stereocenters. The SMILES string of the molecule is Cc1cc2c(ccc3c4ccnc5c4c(cc23)C(C)(C)c2nc3ccccc3[c-]c2-5)c(C)n1.[Ir].[c-]1ccccc1-c1ccccn1. The van der Waals surface area contributed by atoms with Crippen LogP contribution in [-0.2, 0) is 25.5 Å². The third-order valence-electron chi connectivity index (χ3n) is 8.96. The van der Waals surface area contributed by atoms with Gasteiger partial charge >= 0.3 is 0 Å². The molecule has 0 aliphatic heterocycles. The maximum Gasteiger partial charge on any atom is 0.0454 e. The van der Waals surface area contributed by atoms with E-state index in [9.17, 15) is 0 Å². The van der Waals surface area contributed by atoms with Gasteiger partial charge < -0.3 is 9.97 Å². The summed E-state index contributed by atoms with van der Waals surface area (Å²) in [5.74, 6) is 0. The van der Waals surface area contributed by atoms with E-state index < -0.39 is 0 Å². The maximum absolute atomic E-state index is 5.14. The summed E-state index contributed by atoms with van der Waals surface area (Å²) >= 11 is 0. The third kappa shape index (κ3) is 4.79. The molecule has 46 heavy (non-hydrogen) atoms. The molecule has 4 heterocycles. The van der Waals surface area contributed by atoms with Gasteiger partial charge in [-0.05, 0) is 81.4 Å². The Morgan fingerprint density at radius 1 is 0.674 bits per heavy atom. The predicted molar refractivity (Wildman–Crippen MR) is 184 cm³/mol. The zero-order chi connectivity index (χ0) is 30.7. The van der Waals surface area contributed by atoms with E-state index in [1.807, 2.05) is 60.8 Å². The van der Waals surface area contributed by atoms with Crippen LogP contribution in [0, 0.1) is 26.0 Å². The molecular weight excluding hydrogens is 741 g/mol. The first-order valence-corrected chi connectivity index (χ1v) is 15.2. The van der Waals surface area contributed by atoms with Crippen LogP contribution >= 0.6 is 0 Å². The molecular formula is C41H30IrN4-2. The average molecular weight is 771 g/mol. The Kier molecular flexibility index (Phi) is 7.47. The molecule has 4 aromatic carbocycles. The molecule has 5 heteroatoms. The summed E-state index contributed by atoms with van der Waals surface area (Å²) in [5.41, 5.74) is 9.15. The van der Waals surface area contributed by atoms with Crippen molar-refractivity contribution in [2.75, 3.05) is 0 Å². The van der Waals surface area contributed by atoms with E-state index in [1.54, 1.807) is 6.20 Å². The minimum Gasteiger partial charge on any atom is -0.329 e. The Labute approximate surface area is 282 Å². The van der Waals surface area contributed by atoms with Crippen LogP contribution < -0.4 is 0 Å². The number of nitrogens with zero attached hydrogens (tertiary/aromatic N) is 4. The third-order valence-corrected chi connectivity index (χ3v) is 8.96. The van der Waals surface area contributed by atoms with Gasteiger partial charge in [0.05, 0.1) is 0 Å². The second-order valence-corrected chi connectivity index (χ2v) is 12.2. The Bertz CT molecular complexity index is 2380. The number of aromatic nitrogens is 4. The Balaban J connectivity index is 0.000000220. The van der Waals surface area contributed by atoms with Crippen LogP contribution in [-0.4, -0.2) is 19.9 Å². The molecule has 0 N–H and O–H groups in total. The van der Waals surface area contributed by atoms with Crippen LogP contribution in [0.1, 0.15) is 36.5 Å². The van der Waals surface area contributed by atoms with Crippen molar-refractivity contribution >= 4 is 43.2 Å². The van der Waals surface area contributed by atoms with Gasteiger partial charge in [-0.2, -0.15) is 0 Å². The molecule has 8 aromatic rings. The fourth-order valence-corrected chi connectivity index (χ4v) is 6.79. The van der Waals surface area contributed by atoms with Crippen molar-refractivity contribution in [2.45, 2.75) is 33.1 Å². The number of fused-ring (bicyclic) bond motifs is 7. The molecule has 4 nitrogen and oxygen atoms in total. The topological polar surface area (TPSA) is 51.6 Å². The quantitative estimate of drug-likeness (QED) is 0.123. The van der Waals surface area contributed by atoms with Crippen molar-refractivity contribution in [1.82, 2.24) is 19.9 Å². The van der Waals surface area contributed by atoms with E-state index in [0.717, 1.165) is 50.5 Å². The molecule has 225 valence electrons. The minimum absolute atomic E-state index is 0. The first kappa shape index (κ1) is 29.9. The van der Waals surface area contributed by atoms with E-state index >= 15 is 0 Å². The number of benzene rings is 4. The molecule has 0 amide bonds. The summed E-state index contributed by atoms with van der Waals surface area (Å²) < 4.78 is 0. The number of para-hydroxylation sites is 1. The number of pyridine rings is 4. The van der Waals surface area contributed by atoms with Crippen molar-refractivity contribution in [3.8, 4) is 22.5 Å². The van der Waals surface area contributed by atoms with Crippen LogP contribution in [0.2, 0.25) is 0 Å². The van der Waals surface area contributed by atoms with Crippen LogP contribution in [0.5, 0.6) is 0 Å². The standard InChI is InChI=1S/C30H22N3.C11H8N.Ir/c1-16-13-22-19(17(2)32-16)9-10-20-21-11-12-31-28-24-14-18-7-5-6-8-26(18)33-29(24)30(3,4)25(27(21)28)15-23(20)22;1-2-6-10(7-3-1)11-8-4-5-9-12-11;/h5-13,15H,1-4H3;1-6,8-9H;/q2*-1;. The molecule has 4 aromatic heterocycles. The molecule has 0 spiro atoms. The number of aryl methyl sites for hydroxylation is 2. The maximum atomic E-state index is 5.14. The van der Waals surface area contributed by atoms with Gasteiger partial charge in [0, 0.05) is 60.4 Å². The van der Waals surface area contributed by atoms with E-state index in [0.29, 0.717) is 0 Å². The second kappa shape index (κ2) is 11.5. The molecule has 0 bridgehead atoms. The summed E-state index contributed by atoms with van der Waals surface area (Å²) in [5, 5.41) is 8.47. The predicted octanol–water partition coefficient (Wildman–Crippen LogP) is 9.75. The minimum atomic E-state index is -0.280. The van der Waals surface area contributed by atoms with E-state index in [2.05, 4.69) is 87.3 Å². The van der Waals surface area contributed by atoms with Crippen molar-refractivity contribution in [3.63, 3.8) is 0 Å². The van der Waals surface area contributed by atoms with Gasteiger partial charge in [-0.15, -0.1) is 48.0 Å². The zero-order valence-electron chi connectivity index (χ0n) is 26.0. The van der Waals surface area contributed by atoms with Crippen molar-refractivity contribution in [2.24, 2.45) is 0 Å². The number of hydrogen-bond acceptors (Lipinski definition) is 4. The molecule has 0 fully saturated rings. The molecule has 0 saturated heterocycles. The molecule has 1 aliphatic carbocycles. The fourth-order valence-electron chi connectivity index (χ4n) is 6.79. The van der Waals surface area contributed by atoms with Gasteiger partial charge in [0.25, 0.3) is 0 Å². The van der Waals surface area contributed by atoms with Crippen LogP contribution in [0.25, 0.3) is 65.7 Å². The zero-order valence-corrected chi connectivity index (χ0v) is 28.4. The van der Waals surface area contributed by atoms with Gasteiger partial charge in [-0.25, -0.2) is 0 Å². The first-order chi connectivity index (χ1) is 21.9. The van der Waals surface area contributed by atoms with Gasteiger partial charge in [0.2, 0.25) is 0 Å². The van der Waals surface area contributed by atoms with Crippen LogP contribution in [0.3, 0.4) is 0 Å². The number of rotatable bonds is 1. The first-order valence-electron chi connectivity index (χ1n) is 15.2. The van der Waals surface area contributed by atoms with Gasteiger partial charge in [-0.1, -0.05) is 73.3 Å². The summed E-state index contributed by atoms with van der Waals surface area (Å²) in [4.78, 5) is 18.9. The van der Waals surface area contributed by atoms with Crippen molar-refractivity contribution in [1.29, 1.82) is 0 Å². The van der Waals surface area contributed by atoms with Gasteiger partial charge in [0.1, 0.15) is 0 Å². The average Bonchev–Trinajstić information content (AvgIpc) is 3.07. The Morgan fingerprint density at radius 3 is 2.26 bits per heavy atom. The van der Waals surface area contributed by atoms with E-state index in [1.165, 1.54) is 37.9 Å². The number of hydrogen-bond donors (Lipinski definition) is 0. The summed E-state index contributed by atoms with van der Waals surface area (Å²) in [6.45, 7) is 8.73. The molecule has 1 aliphatic rings. The smallest absolute Gasteiger partial charge is 0.0454 e. The summed E-state index contributed by atoms with van der Waals surface area (Å²) in [6.07, 6.45) is 3.72. The molecule has 0 atom stereocenters. The van der Waals surface area contributed by atoms with E-state index in [-0.39, 0.29) is 25.5 Å².